The van der Waals surface area contributed by atoms with Crippen LogP contribution in [0.25, 0.3) is 5.70 Å². The van der Waals surface area contributed by atoms with E-state index in [9.17, 15) is 15.1 Å². The molecule has 2 aliphatic heterocycles. The lowest BCUT2D eigenvalue weighted by Gasteiger charge is -2.38. The number of ether oxygens (including phenoxy) is 2. The Hall–Kier alpha value is -2.91. The van der Waals surface area contributed by atoms with Crippen LogP contribution in [0.4, 0.5) is 5.69 Å². The van der Waals surface area contributed by atoms with Gasteiger partial charge in [0.05, 0.1) is 31.5 Å². The second-order valence-electron chi connectivity index (χ2n) is 7.60. The van der Waals surface area contributed by atoms with E-state index in [4.69, 9.17) is 9.47 Å². The molecule has 1 atom stereocenters. The standard InChI is InChI=1S/C22H25N3O5/c1-29-18-5-2-16(3-6-18)13-25(15-24-8-10-30-11-9-24)14-20(23-28)19-7-4-17(22(26)27)12-21(19)25/h2-7,12,14,23,28H,8-11,13,15H2,1H3/p+1. The molecule has 158 valence electrons. The van der Waals surface area contributed by atoms with Crippen LogP contribution in [0.1, 0.15) is 21.5 Å². The number of nitrogens with zero attached hydrogens (tertiary/aromatic N) is 2. The summed E-state index contributed by atoms with van der Waals surface area (Å²) in [5.41, 5.74) is 5.81. The topological polar surface area (TPSA) is 91.3 Å². The number of carboxylic acids is 1. The molecule has 3 N–H and O–H groups in total. The smallest absolute Gasteiger partial charge is 0.335 e. The summed E-state index contributed by atoms with van der Waals surface area (Å²) in [4.78, 5) is 14.0. The minimum Gasteiger partial charge on any atom is -0.497 e. The molecule has 0 amide bonds. The van der Waals surface area contributed by atoms with Crippen LogP contribution >= 0.6 is 0 Å². The van der Waals surface area contributed by atoms with E-state index >= 15 is 0 Å². The minimum atomic E-state index is -0.975. The number of morpholine rings is 1. The monoisotopic (exact) mass is 412 g/mol. The number of aromatic carboxylic acids is 1. The molecule has 2 heterocycles. The molecule has 2 aliphatic rings. The molecule has 0 spiro atoms. The highest BCUT2D eigenvalue weighted by molar-refractivity contribution is 5.92. The van der Waals surface area contributed by atoms with Gasteiger partial charge in [-0.15, -0.1) is 0 Å². The lowest BCUT2D eigenvalue weighted by molar-refractivity contribution is 0.0185. The van der Waals surface area contributed by atoms with Crippen LogP contribution in [0.2, 0.25) is 0 Å². The van der Waals surface area contributed by atoms with E-state index < -0.39 is 5.97 Å². The van der Waals surface area contributed by atoms with Crippen LogP contribution in [-0.2, 0) is 11.3 Å². The predicted molar refractivity (Wildman–Crippen MR) is 112 cm³/mol. The number of rotatable bonds is 7. The van der Waals surface area contributed by atoms with E-state index in [1.807, 2.05) is 30.5 Å². The van der Waals surface area contributed by atoms with E-state index in [0.717, 1.165) is 35.7 Å². The van der Waals surface area contributed by atoms with Gasteiger partial charge >= 0.3 is 5.97 Å². The maximum absolute atomic E-state index is 11.7. The molecule has 1 fully saturated rings. The number of benzene rings is 2. The first kappa shape index (κ1) is 20.4. The normalized spacial score (nSPS) is 21.1. The SMILES string of the molecule is COc1ccc(C[N+]2(CN3CCOCC3)C=C(NO)c3ccc(C(=O)O)cc32)cc1. The number of hydroxylamine groups is 1. The van der Waals surface area contributed by atoms with Gasteiger partial charge < -0.3 is 14.6 Å². The molecule has 1 unspecified atom stereocenters. The number of nitrogens with one attached hydrogen (secondary N) is 1. The summed E-state index contributed by atoms with van der Waals surface area (Å²) in [7, 11) is 1.63. The quantitative estimate of drug-likeness (QED) is 0.475. The van der Waals surface area contributed by atoms with Crippen LogP contribution in [0.5, 0.6) is 5.75 Å². The van der Waals surface area contributed by atoms with Gasteiger partial charge in [-0.1, -0.05) is 0 Å². The second-order valence-corrected chi connectivity index (χ2v) is 7.60. The summed E-state index contributed by atoms with van der Waals surface area (Å²) in [6.45, 7) is 4.16. The van der Waals surface area contributed by atoms with Crippen LogP contribution in [-0.4, -0.2) is 61.3 Å². The molecule has 0 aromatic heterocycles. The third-order valence-electron chi connectivity index (χ3n) is 5.69. The number of quaternary nitrogens is 1. The van der Waals surface area contributed by atoms with Gasteiger partial charge in [0.2, 0.25) is 0 Å². The molecule has 8 heteroatoms. The van der Waals surface area contributed by atoms with Gasteiger partial charge in [0.25, 0.3) is 0 Å². The number of methoxy groups -OCH3 is 1. The largest absolute Gasteiger partial charge is 0.497 e. The van der Waals surface area contributed by atoms with Gasteiger partial charge in [0.1, 0.15) is 36.5 Å². The fourth-order valence-electron chi connectivity index (χ4n) is 4.19. The molecule has 30 heavy (non-hydrogen) atoms. The van der Waals surface area contributed by atoms with E-state index in [2.05, 4.69) is 10.4 Å². The number of hydrogen-bond donors (Lipinski definition) is 3. The summed E-state index contributed by atoms with van der Waals surface area (Å²) in [6.07, 6.45) is 1.97. The molecule has 0 radical (unpaired) electrons. The van der Waals surface area contributed by atoms with Crippen LogP contribution in [0, 0.1) is 0 Å². The Morgan fingerprint density at radius 3 is 2.57 bits per heavy atom. The fourth-order valence-corrected chi connectivity index (χ4v) is 4.19. The molecule has 4 rings (SSSR count). The average Bonchev–Trinajstić information content (AvgIpc) is 3.07. The number of carboxylic acid groups (broad SMARTS) is 1. The zero-order valence-electron chi connectivity index (χ0n) is 16.9. The molecule has 0 aliphatic carbocycles. The van der Waals surface area contributed by atoms with Crippen LogP contribution in [0.15, 0.2) is 48.7 Å². The van der Waals surface area contributed by atoms with Crippen LogP contribution in [0.3, 0.4) is 0 Å². The Morgan fingerprint density at radius 2 is 1.93 bits per heavy atom. The van der Waals surface area contributed by atoms with Crippen molar-refractivity contribution in [3.05, 3.63) is 65.4 Å². The number of fused-ring (bicyclic) bond motifs is 1. The number of carbonyl (C=O) groups is 1. The van der Waals surface area contributed by atoms with Gasteiger partial charge in [0, 0.05) is 24.7 Å². The Bertz CT molecular complexity index is 954. The lowest BCUT2D eigenvalue weighted by atomic mass is 10.1. The highest BCUT2D eigenvalue weighted by Gasteiger charge is 2.41. The molecule has 0 saturated carbocycles. The van der Waals surface area contributed by atoms with Crippen molar-refractivity contribution in [3.63, 3.8) is 0 Å². The first-order valence-electron chi connectivity index (χ1n) is 9.86. The highest BCUT2D eigenvalue weighted by Crippen LogP contribution is 2.42. The molecule has 1 saturated heterocycles. The van der Waals surface area contributed by atoms with Gasteiger partial charge in [-0.25, -0.2) is 9.28 Å². The number of hydrogen-bond acceptors (Lipinski definition) is 6. The van der Waals surface area contributed by atoms with Gasteiger partial charge in [-0.05, 0) is 36.4 Å². The minimum absolute atomic E-state index is 0.223. The molecule has 0 bridgehead atoms. The fraction of sp³-hybridized carbons (Fsp3) is 0.318. The third-order valence-corrected chi connectivity index (χ3v) is 5.69. The van der Waals surface area contributed by atoms with Crippen molar-refractivity contribution in [2.24, 2.45) is 0 Å². The van der Waals surface area contributed by atoms with E-state index in [-0.39, 0.29) is 5.56 Å². The van der Waals surface area contributed by atoms with E-state index in [1.165, 1.54) is 0 Å². The van der Waals surface area contributed by atoms with Crippen molar-refractivity contribution in [2.45, 2.75) is 6.54 Å². The van der Waals surface area contributed by atoms with Crippen molar-refractivity contribution in [1.29, 1.82) is 0 Å². The predicted octanol–water partition coefficient (Wildman–Crippen LogP) is 2.48. The summed E-state index contributed by atoms with van der Waals surface area (Å²) in [6, 6.07) is 12.9. The van der Waals surface area contributed by atoms with Crippen molar-refractivity contribution in [2.75, 3.05) is 40.1 Å². The highest BCUT2D eigenvalue weighted by atomic mass is 16.5. The first-order valence-corrected chi connectivity index (χ1v) is 9.86. The summed E-state index contributed by atoms with van der Waals surface area (Å²) >= 11 is 0. The van der Waals surface area contributed by atoms with Gasteiger partial charge in [-0.2, -0.15) is 0 Å². The van der Waals surface area contributed by atoms with E-state index in [1.54, 1.807) is 25.3 Å². The maximum atomic E-state index is 11.7. The Labute approximate surface area is 175 Å². The molecular formula is C22H26N3O5+. The second kappa shape index (κ2) is 8.45. The molecular weight excluding hydrogens is 386 g/mol. The van der Waals surface area contributed by atoms with Gasteiger partial charge in [-0.3, -0.25) is 15.6 Å². The van der Waals surface area contributed by atoms with E-state index in [0.29, 0.717) is 36.6 Å². The maximum Gasteiger partial charge on any atom is 0.335 e. The average molecular weight is 412 g/mol. The Balaban J connectivity index is 1.79. The summed E-state index contributed by atoms with van der Waals surface area (Å²) in [5, 5.41) is 19.3. The van der Waals surface area contributed by atoms with Crippen molar-refractivity contribution in [3.8, 4) is 5.75 Å². The van der Waals surface area contributed by atoms with Crippen molar-refractivity contribution < 1.29 is 24.6 Å². The molecule has 2 aromatic carbocycles. The summed E-state index contributed by atoms with van der Waals surface area (Å²) in [5.74, 6) is -0.196. The lowest BCUT2D eigenvalue weighted by Crippen LogP contribution is -2.53. The molecule has 8 nitrogen and oxygen atoms in total. The van der Waals surface area contributed by atoms with Crippen LogP contribution < -0.4 is 14.7 Å². The third kappa shape index (κ3) is 3.90. The Morgan fingerprint density at radius 1 is 1.20 bits per heavy atom. The summed E-state index contributed by atoms with van der Waals surface area (Å²) < 4.78 is 11.1. The zero-order valence-corrected chi connectivity index (χ0v) is 16.9. The molecule has 2 aromatic rings. The van der Waals surface area contributed by atoms with Crippen molar-refractivity contribution >= 4 is 17.4 Å². The first-order chi connectivity index (χ1) is 14.5. The zero-order chi connectivity index (χ0) is 21.1. The van der Waals surface area contributed by atoms with Crippen molar-refractivity contribution in [1.82, 2.24) is 14.9 Å². The Kier molecular flexibility index (Phi) is 5.74. The van der Waals surface area contributed by atoms with Gasteiger partial charge in [0.15, 0.2) is 0 Å².